The van der Waals surface area contributed by atoms with Gasteiger partial charge in [-0.3, -0.25) is 9.69 Å². The second kappa shape index (κ2) is 9.51. The Bertz CT molecular complexity index is 1640. The highest BCUT2D eigenvalue weighted by atomic mass is 19.1. The zero-order valence-corrected chi connectivity index (χ0v) is 20.0. The van der Waals surface area contributed by atoms with Crippen molar-refractivity contribution >= 4 is 39.7 Å². The zero-order valence-electron chi connectivity index (χ0n) is 20.0. The minimum Gasteiger partial charge on any atom is -0.315 e. The van der Waals surface area contributed by atoms with Crippen LogP contribution in [0, 0.1) is 5.82 Å². The van der Waals surface area contributed by atoms with Crippen LogP contribution < -0.4 is 10.2 Å². The number of anilines is 1. The van der Waals surface area contributed by atoms with Gasteiger partial charge in [0.25, 0.3) is 5.91 Å². The molecule has 9 heteroatoms. The first-order valence-electron chi connectivity index (χ1n) is 12.2. The molecule has 184 valence electrons. The van der Waals surface area contributed by atoms with Gasteiger partial charge in [0.2, 0.25) is 0 Å². The number of aromatic nitrogens is 5. The molecule has 1 saturated heterocycles. The molecule has 1 aliphatic heterocycles. The molecule has 37 heavy (non-hydrogen) atoms. The van der Waals surface area contributed by atoms with E-state index in [0.717, 1.165) is 35.7 Å². The molecule has 1 fully saturated rings. The predicted octanol–water partition coefficient (Wildman–Crippen LogP) is 4.54. The van der Waals surface area contributed by atoms with Gasteiger partial charge in [0, 0.05) is 30.4 Å². The van der Waals surface area contributed by atoms with Crippen molar-refractivity contribution in [2.24, 2.45) is 0 Å². The fraction of sp³-hybridized carbons (Fsp3) is 0.179. The maximum Gasteiger partial charge on any atom is 0.262 e. The van der Waals surface area contributed by atoms with E-state index in [1.54, 1.807) is 41.6 Å². The molecular formula is C28H24FN7O. The summed E-state index contributed by atoms with van der Waals surface area (Å²) in [6.45, 7) is 5.42. The van der Waals surface area contributed by atoms with Gasteiger partial charge in [0.1, 0.15) is 17.2 Å². The summed E-state index contributed by atoms with van der Waals surface area (Å²) in [7, 11) is 0. The third-order valence-corrected chi connectivity index (χ3v) is 6.74. The van der Waals surface area contributed by atoms with Crippen molar-refractivity contribution < 1.29 is 9.18 Å². The van der Waals surface area contributed by atoms with Gasteiger partial charge in [-0.2, -0.15) is 4.68 Å². The van der Waals surface area contributed by atoms with Crippen LogP contribution in [-0.2, 0) is 0 Å². The molecule has 6 rings (SSSR count). The van der Waals surface area contributed by atoms with Gasteiger partial charge in [-0.1, -0.05) is 36.1 Å². The van der Waals surface area contributed by atoms with Crippen LogP contribution in [0.25, 0.3) is 33.7 Å². The van der Waals surface area contributed by atoms with E-state index in [1.165, 1.54) is 16.8 Å². The molecule has 0 unspecified atom stereocenters. The molecule has 8 nitrogen and oxygen atoms in total. The number of carbonyl (C=O) groups is 1. The lowest BCUT2D eigenvalue weighted by Gasteiger charge is -2.35. The van der Waals surface area contributed by atoms with E-state index in [0.29, 0.717) is 29.2 Å². The average molecular weight is 494 g/mol. The number of rotatable bonds is 5. The number of hydrogen-bond donors (Lipinski definition) is 1. The maximum atomic E-state index is 15.6. The predicted molar refractivity (Wildman–Crippen MR) is 141 cm³/mol. The highest BCUT2D eigenvalue weighted by molar-refractivity contribution is 6.11. The zero-order chi connectivity index (χ0) is 25.4. The van der Waals surface area contributed by atoms with Crippen molar-refractivity contribution in [2.75, 3.05) is 18.0 Å². The highest BCUT2D eigenvalue weighted by Crippen LogP contribution is 2.32. The fourth-order valence-corrected chi connectivity index (χ4v) is 4.96. The van der Waals surface area contributed by atoms with Crippen LogP contribution in [-0.4, -0.2) is 50.0 Å². The lowest BCUT2D eigenvalue weighted by molar-refractivity contribution is 0.0968. The van der Waals surface area contributed by atoms with Crippen LogP contribution in [0.4, 0.5) is 10.2 Å². The Labute approximate surface area is 212 Å². The lowest BCUT2D eigenvalue weighted by atomic mass is 10.0. The van der Waals surface area contributed by atoms with Crippen molar-refractivity contribution in [1.29, 1.82) is 0 Å². The minimum atomic E-state index is -0.653. The molecule has 0 bridgehead atoms. The van der Waals surface area contributed by atoms with E-state index in [9.17, 15) is 4.79 Å². The summed E-state index contributed by atoms with van der Waals surface area (Å²) < 4.78 is 17.1. The first-order chi connectivity index (χ1) is 18.2. The van der Waals surface area contributed by atoms with Crippen molar-refractivity contribution in [1.82, 2.24) is 30.3 Å². The topological polar surface area (TPSA) is 88.8 Å². The first kappa shape index (κ1) is 22.9. The molecule has 0 radical (unpaired) electrons. The van der Waals surface area contributed by atoms with Crippen molar-refractivity contribution in [3.8, 4) is 5.69 Å². The third kappa shape index (κ3) is 4.03. The summed E-state index contributed by atoms with van der Waals surface area (Å²) in [5.41, 5.74) is 2.36. The Kier molecular flexibility index (Phi) is 5.90. The molecule has 2 aromatic carbocycles. The SMILES string of the molecule is C=Cc1cccc2ccnc(N(C(=O)c3ccc(-n4nnc5cccnc54)cc3F)[C@@H]3CCCNC3)c12. The molecule has 0 spiro atoms. The number of nitrogens with one attached hydrogen (secondary N) is 1. The van der Waals surface area contributed by atoms with Crippen LogP contribution in [0.1, 0.15) is 28.8 Å². The molecule has 5 aromatic rings. The standard InChI is InChI=1S/C28H24FN7O/c1-2-18-6-3-7-19-12-15-32-27(25(18)19)35(21-8-4-13-30-17-21)28(37)22-11-10-20(16-23(22)29)36-26-24(33-34-36)9-5-14-31-26/h2-3,5-7,9-12,14-16,21,30H,1,4,8,13,17H2/t21-/m1/s1. The van der Waals surface area contributed by atoms with E-state index in [-0.39, 0.29) is 11.6 Å². The Balaban J connectivity index is 1.46. The second-order valence-corrected chi connectivity index (χ2v) is 8.97. The van der Waals surface area contributed by atoms with Crippen LogP contribution in [0.3, 0.4) is 0 Å². The summed E-state index contributed by atoms with van der Waals surface area (Å²) in [5.74, 6) is -0.597. The molecule has 3 aromatic heterocycles. The Hall–Kier alpha value is -4.50. The highest BCUT2D eigenvalue weighted by Gasteiger charge is 2.32. The smallest absolute Gasteiger partial charge is 0.262 e. The van der Waals surface area contributed by atoms with Gasteiger partial charge in [-0.25, -0.2) is 14.4 Å². The van der Waals surface area contributed by atoms with E-state index in [2.05, 4.69) is 32.2 Å². The van der Waals surface area contributed by atoms with Crippen LogP contribution >= 0.6 is 0 Å². The molecule has 1 atom stereocenters. The number of piperidine rings is 1. The van der Waals surface area contributed by atoms with Gasteiger partial charge >= 0.3 is 0 Å². The number of fused-ring (bicyclic) bond motifs is 2. The van der Waals surface area contributed by atoms with Crippen molar-refractivity contribution in [2.45, 2.75) is 18.9 Å². The number of halogens is 1. The third-order valence-electron chi connectivity index (χ3n) is 6.74. The number of nitrogens with zero attached hydrogens (tertiary/aromatic N) is 6. The van der Waals surface area contributed by atoms with Crippen LogP contribution in [0.15, 0.2) is 73.6 Å². The van der Waals surface area contributed by atoms with Crippen molar-refractivity contribution in [3.05, 3.63) is 90.5 Å². The number of pyridine rings is 2. The van der Waals surface area contributed by atoms with Gasteiger partial charge < -0.3 is 5.32 Å². The molecule has 0 aliphatic carbocycles. The first-order valence-corrected chi connectivity index (χ1v) is 12.2. The minimum absolute atomic E-state index is 0.0402. The van der Waals surface area contributed by atoms with Crippen molar-refractivity contribution in [3.63, 3.8) is 0 Å². The Morgan fingerprint density at radius 1 is 1.14 bits per heavy atom. The maximum absolute atomic E-state index is 15.6. The lowest BCUT2D eigenvalue weighted by Crippen LogP contribution is -2.49. The average Bonchev–Trinajstić information content (AvgIpc) is 3.37. The van der Waals surface area contributed by atoms with E-state index in [4.69, 9.17) is 0 Å². The molecule has 1 amide bonds. The van der Waals surface area contributed by atoms with Gasteiger partial charge in [-0.15, -0.1) is 5.10 Å². The van der Waals surface area contributed by atoms with E-state index < -0.39 is 11.7 Å². The van der Waals surface area contributed by atoms with E-state index >= 15 is 4.39 Å². The molecule has 1 aliphatic rings. The quantitative estimate of drug-likeness (QED) is 0.387. The van der Waals surface area contributed by atoms with Gasteiger partial charge in [0.15, 0.2) is 5.65 Å². The summed E-state index contributed by atoms with van der Waals surface area (Å²) >= 11 is 0. The molecular weight excluding hydrogens is 469 g/mol. The molecule has 1 N–H and O–H groups in total. The normalized spacial score (nSPS) is 15.6. The fourth-order valence-electron chi connectivity index (χ4n) is 4.96. The number of benzene rings is 2. The van der Waals surface area contributed by atoms with Crippen LogP contribution in [0.2, 0.25) is 0 Å². The number of carbonyl (C=O) groups excluding carboxylic acids is 1. The van der Waals surface area contributed by atoms with E-state index in [1.807, 2.05) is 24.3 Å². The summed E-state index contributed by atoms with van der Waals surface area (Å²) in [4.78, 5) is 24.6. The Morgan fingerprint density at radius 2 is 2.05 bits per heavy atom. The van der Waals surface area contributed by atoms with Gasteiger partial charge in [-0.05, 0) is 60.7 Å². The van der Waals surface area contributed by atoms with Crippen LogP contribution in [0.5, 0.6) is 0 Å². The summed E-state index contributed by atoms with van der Waals surface area (Å²) in [6, 6.07) is 15.6. The number of hydrogen-bond acceptors (Lipinski definition) is 6. The second-order valence-electron chi connectivity index (χ2n) is 8.97. The largest absolute Gasteiger partial charge is 0.315 e. The summed E-state index contributed by atoms with van der Waals surface area (Å²) in [6.07, 6.45) is 6.75. The Morgan fingerprint density at radius 3 is 2.86 bits per heavy atom. The summed E-state index contributed by atoms with van der Waals surface area (Å²) in [5, 5.41) is 13.3. The molecule has 0 saturated carbocycles. The monoisotopic (exact) mass is 493 g/mol. The molecule has 4 heterocycles. The van der Waals surface area contributed by atoms with Gasteiger partial charge in [0.05, 0.1) is 17.3 Å². The number of amides is 1.